The van der Waals surface area contributed by atoms with Gasteiger partial charge in [0.1, 0.15) is 5.82 Å². The highest BCUT2D eigenvalue weighted by molar-refractivity contribution is 7.16. The molecule has 3 nitrogen and oxygen atoms in total. The summed E-state index contributed by atoms with van der Waals surface area (Å²) in [5.41, 5.74) is 5.53. The van der Waals surface area contributed by atoms with E-state index in [0.717, 1.165) is 37.3 Å². The molecular weight excluding hydrogens is 416 g/mol. The minimum absolute atomic E-state index is 0. The number of thiazole rings is 1. The lowest BCUT2D eigenvalue weighted by Crippen LogP contribution is -2.29. The van der Waals surface area contributed by atoms with Crippen molar-refractivity contribution in [1.29, 1.82) is 0 Å². The van der Waals surface area contributed by atoms with Crippen molar-refractivity contribution in [2.24, 2.45) is 11.8 Å². The summed E-state index contributed by atoms with van der Waals surface area (Å²) < 4.78 is 15.0. The molecule has 3 aromatic rings. The number of benzene rings is 2. The number of hydrogen-bond acceptors (Lipinski definition) is 4. The molecule has 28 heavy (non-hydrogen) atoms. The van der Waals surface area contributed by atoms with E-state index in [1.807, 2.05) is 11.6 Å². The lowest BCUT2D eigenvalue weighted by atomic mass is 9.89. The average molecular weight is 440 g/mol. The van der Waals surface area contributed by atoms with Crippen LogP contribution >= 0.6 is 36.2 Å². The third kappa shape index (κ3) is 3.79. The van der Waals surface area contributed by atoms with Crippen molar-refractivity contribution < 1.29 is 4.39 Å². The van der Waals surface area contributed by atoms with Crippen LogP contribution in [0.3, 0.4) is 0 Å². The monoisotopic (exact) mass is 439 g/mol. The molecule has 3 atom stereocenters. The Morgan fingerprint density at radius 3 is 2.75 bits per heavy atom. The van der Waals surface area contributed by atoms with Crippen LogP contribution in [0, 0.1) is 17.7 Å². The molecule has 150 valence electrons. The van der Waals surface area contributed by atoms with E-state index in [0.29, 0.717) is 17.9 Å². The molecule has 2 aliphatic rings. The summed E-state index contributed by atoms with van der Waals surface area (Å²) in [6.45, 7) is 4.26. The first-order chi connectivity index (χ1) is 12.7. The van der Waals surface area contributed by atoms with E-state index in [1.54, 1.807) is 17.4 Å². The van der Waals surface area contributed by atoms with E-state index in [-0.39, 0.29) is 30.6 Å². The molecule has 0 aliphatic carbocycles. The number of hydrogen-bond donors (Lipinski definition) is 0. The zero-order valence-corrected chi connectivity index (χ0v) is 18.1. The lowest BCUT2D eigenvalue weighted by Gasteiger charge is -2.27. The van der Waals surface area contributed by atoms with Crippen LogP contribution in [0.5, 0.6) is 0 Å². The highest BCUT2D eigenvalue weighted by Crippen LogP contribution is 2.44. The molecular formula is C21H24Cl2FN3S. The predicted octanol–water partition coefficient (Wildman–Crippen LogP) is 5.01. The zero-order valence-electron chi connectivity index (χ0n) is 15.6. The van der Waals surface area contributed by atoms with E-state index < -0.39 is 0 Å². The van der Waals surface area contributed by atoms with Crippen LogP contribution in [0.4, 0.5) is 4.39 Å². The van der Waals surface area contributed by atoms with Gasteiger partial charge in [-0.2, -0.15) is 0 Å². The number of rotatable bonds is 3. The molecule has 0 bridgehead atoms. The minimum Gasteiger partial charge on any atom is -0.299 e. The second kappa shape index (κ2) is 8.64. The molecule has 2 fully saturated rings. The van der Waals surface area contributed by atoms with Gasteiger partial charge in [0, 0.05) is 32.2 Å². The van der Waals surface area contributed by atoms with Crippen LogP contribution < -0.4 is 0 Å². The summed E-state index contributed by atoms with van der Waals surface area (Å²) in [5.74, 6) is 1.10. The minimum atomic E-state index is -0.133. The molecule has 7 heteroatoms. The van der Waals surface area contributed by atoms with Crippen LogP contribution in [0.15, 0.2) is 48.0 Å². The van der Waals surface area contributed by atoms with Crippen molar-refractivity contribution in [3.05, 3.63) is 64.9 Å². The van der Waals surface area contributed by atoms with Crippen molar-refractivity contribution in [3.63, 3.8) is 0 Å². The summed E-state index contributed by atoms with van der Waals surface area (Å²) >= 11 is 1.73. The molecule has 0 saturated carbocycles. The number of nitrogens with zero attached hydrogens (tertiary/aromatic N) is 3. The van der Waals surface area contributed by atoms with Crippen molar-refractivity contribution in [1.82, 2.24) is 14.8 Å². The van der Waals surface area contributed by atoms with Gasteiger partial charge in [0.25, 0.3) is 0 Å². The third-order valence-electron chi connectivity index (χ3n) is 5.99. The summed E-state index contributed by atoms with van der Waals surface area (Å²) in [6, 6.07) is 13.9. The fraction of sp³-hybridized carbons (Fsp3) is 0.381. The maximum atomic E-state index is 13.7. The molecule has 1 aromatic heterocycles. The Kier molecular flexibility index (Phi) is 6.62. The highest BCUT2D eigenvalue weighted by Gasteiger charge is 2.46. The van der Waals surface area contributed by atoms with Gasteiger partial charge in [0.05, 0.1) is 15.7 Å². The van der Waals surface area contributed by atoms with Crippen LogP contribution in [0.2, 0.25) is 0 Å². The third-order valence-corrected chi connectivity index (χ3v) is 6.91. The average Bonchev–Trinajstić information content (AvgIpc) is 3.29. The van der Waals surface area contributed by atoms with E-state index >= 15 is 0 Å². The zero-order chi connectivity index (χ0) is 17.7. The maximum Gasteiger partial charge on any atom is 0.123 e. The molecule has 0 unspecified atom stereocenters. The van der Waals surface area contributed by atoms with Crippen molar-refractivity contribution in [2.75, 3.05) is 26.7 Å². The van der Waals surface area contributed by atoms with Gasteiger partial charge in [-0.3, -0.25) is 9.80 Å². The molecule has 5 rings (SSSR count). The fourth-order valence-corrected chi connectivity index (χ4v) is 5.78. The van der Waals surface area contributed by atoms with Crippen molar-refractivity contribution >= 4 is 46.4 Å². The summed E-state index contributed by atoms with van der Waals surface area (Å²) in [6.07, 6.45) is 0. The first-order valence-corrected chi connectivity index (χ1v) is 10.1. The largest absolute Gasteiger partial charge is 0.299 e. The van der Waals surface area contributed by atoms with Gasteiger partial charge in [-0.15, -0.1) is 36.2 Å². The quantitative estimate of drug-likeness (QED) is 0.571. The van der Waals surface area contributed by atoms with E-state index in [4.69, 9.17) is 0 Å². The Morgan fingerprint density at radius 1 is 1.11 bits per heavy atom. The fourth-order valence-electron chi connectivity index (χ4n) is 4.98. The molecule has 0 spiro atoms. The first kappa shape index (κ1) is 21.5. The molecule has 2 saturated heterocycles. The van der Waals surface area contributed by atoms with Crippen LogP contribution in [-0.4, -0.2) is 41.5 Å². The first-order valence-electron chi connectivity index (χ1n) is 9.18. The molecule has 0 amide bonds. The van der Waals surface area contributed by atoms with Crippen LogP contribution in [-0.2, 0) is 6.54 Å². The van der Waals surface area contributed by atoms with Gasteiger partial charge in [-0.1, -0.05) is 24.3 Å². The topological polar surface area (TPSA) is 19.4 Å². The van der Waals surface area contributed by atoms with Gasteiger partial charge in [0.15, 0.2) is 0 Å². The van der Waals surface area contributed by atoms with Gasteiger partial charge >= 0.3 is 0 Å². The van der Waals surface area contributed by atoms with Crippen molar-refractivity contribution in [3.8, 4) is 0 Å². The Hall–Kier alpha value is -1.24. The molecule has 2 aromatic carbocycles. The Labute approximate surface area is 181 Å². The van der Waals surface area contributed by atoms with E-state index in [9.17, 15) is 4.39 Å². The molecule has 2 aliphatic heterocycles. The van der Waals surface area contributed by atoms with Gasteiger partial charge < -0.3 is 0 Å². The molecule has 0 N–H and O–H groups in total. The van der Waals surface area contributed by atoms with E-state index in [2.05, 4.69) is 46.1 Å². The summed E-state index contributed by atoms with van der Waals surface area (Å²) in [5, 5.41) is 0. The number of likely N-dealkylation sites (tertiary alicyclic amines) is 2. The second-order valence-corrected chi connectivity index (χ2v) is 8.53. The van der Waals surface area contributed by atoms with Gasteiger partial charge in [-0.25, -0.2) is 9.37 Å². The second-order valence-electron chi connectivity index (χ2n) is 7.68. The normalized spacial score (nSPS) is 24.7. The standard InChI is InChI=1S/C21H22FN3S.2ClH/c1-24-9-16-11-25(10-15-5-3-7-19-21(15)26-13-23-19)12-18(16)20(24)14-4-2-6-17(22)8-14;;/h2-8,13,16,18,20H,9-12H2,1H3;2*1H/t16-,18+,20-;;/m0../s1. The smallest absolute Gasteiger partial charge is 0.123 e. The Balaban J connectivity index is 0.00000112. The number of aromatic nitrogens is 1. The number of fused-ring (bicyclic) bond motifs is 2. The predicted molar refractivity (Wildman–Crippen MR) is 118 cm³/mol. The van der Waals surface area contributed by atoms with E-state index in [1.165, 1.54) is 16.3 Å². The molecule has 0 radical (unpaired) electrons. The van der Waals surface area contributed by atoms with Gasteiger partial charge in [-0.05, 0) is 48.2 Å². The summed E-state index contributed by atoms with van der Waals surface area (Å²) in [7, 11) is 2.18. The Morgan fingerprint density at radius 2 is 1.93 bits per heavy atom. The Bertz CT molecular complexity index is 950. The summed E-state index contributed by atoms with van der Waals surface area (Å²) in [4.78, 5) is 9.42. The highest BCUT2D eigenvalue weighted by atomic mass is 35.5. The maximum absolute atomic E-state index is 13.7. The van der Waals surface area contributed by atoms with Gasteiger partial charge in [0.2, 0.25) is 0 Å². The van der Waals surface area contributed by atoms with Crippen molar-refractivity contribution in [2.45, 2.75) is 12.6 Å². The molecule has 3 heterocycles. The van der Waals surface area contributed by atoms with Crippen LogP contribution in [0.1, 0.15) is 17.2 Å². The number of halogens is 3. The van der Waals surface area contributed by atoms with Crippen LogP contribution in [0.25, 0.3) is 10.2 Å². The SMILES string of the molecule is CN1C[C@H]2CN(Cc3cccc4ncsc34)C[C@H]2[C@@H]1c1cccc(F)c1.Cl.Cl. The lowest BCUT2D eigenvalue weighted by molar-refractivity contribution is 0.224.